The molecule has 0 radical (unpaired) electrons. The minimum absolute atomic E-state index is 0.0625. The number of nitrogens with two attached hydrogens (primary N) is 1. The van der Waals surface area contributed by atoms with Crippen molar-refractivity contribution in [3.63, 3.8) is 0 Å². The zero-order valence-electron chi connectivity index (χ0n) is 6.93. The van der Waals surface area contributed by atoms with Crippen molar-refractivity contribution in [2.75, 3.05) is 6.54 Å². The highest BCUT2D eigenvalue weighted by atomic mass is 16.6. The van der Waals surface area contributed by atoms with Crippen molar-refractivity contribution >= 4 is 11.5 Å². The Bertz CT molecular complexity index is 357. The van der Waals surface area contributed by atoms with Crippen LogP contribution in [0, 0.1) is 10.1 Å². The minimum atomic E-state index is -0.657. The molecule has 0 aliphatic heterocycles. The van der Waals surface area contributed by atoms with Crippen molar-refractivity contribution in [2.45, 2.75) is 0 Å². The maximum Gasteiger partial charge on any atom is 0.318 e. The van der Waals surface area contributed by atoms with Crippen molar-refractivity contribution in [3.8, 4) is 0 Å². The summed E-state index contributed by atoms with van der Waals surface area (Å²) in [5.41, 5.74) is 4.72. The summed E-state index contributed by atoms with van der Waals surface area (Å²) in [6, 6.07) is 0. The first kappa shape index (κ1) is 9.33. The Kier molecular flexibility index (Phi) is 2.38. The van der Waals surface area contributed by atoms with Crippen LogP contribution in [0.15, 0.2) is 6.20 Å². The molecule has 13 heavy (non-hydrogen) atoms. The van der Waals surface area contributed by atoms with E-state index in [2.05, 4.69) is 5.10 Å². The SMILES string of the molecule is Cn1ncc([N+](=O)[O-])c1C(=O)CN. The summed E-state index contributed by atoms with van der Waals surface area (Å²) in [4.78, 5) is 20.9. The lowest BCUT2D eigenvalue weighted by molar-refractivity contribution is -0.385. The van der Waals surface area contributed by atoms with Gasteiger partial charge in [-0.15, -0.1) is 0 Å². The van der Waals surface area contributed by atoms with E-state index in [-0.39, 0.29) is 17.9 Å². The van der Waals surface area contributed by atoms with Crippen LogP contribution in [0.25, 0.3) is 0 Å². The summed E-state index contributed by atoms with van der Waals surface area (Å²) < 4.78 is 1.15. The third-order valence-electron chi connectivity index (χ3n) is 1.57. The van der Waals surface area contributed by atoms with Gasteiger partial charge in [-0.2, -0.15) is 5.10 Å². The molecular formula is C6H8N4O3. The Morgan fingerprint density at radius 1 is 1.85 bits per heavy atom. The van der Waals surface area contributed by atoms with Gasteiger partial charge in [0, 0.05) is 7.05 Å². The van der Waals surface area contributed by atoms with Gasteiger partial charge in [-0.05, 0) is 0 Å². The van der Waals surface area contributed by atoms with E-state index in [0.29, 0.717) is 0 Å². The van der Waals surface area contributed by atoms with Gasteiger partial charge < -0.3 is 5.73 Å². The second-order valence-corrected chi connectivity index (χ2v) is 2.39. The van der Waals surface area contributed by atoms with Crippen molar-refractivity contribution < 1.29 is 9.72 Å². The molecule has 1 heterocycles. The van der Waals surface area contributed by atoms with Crippen molar-refractivity contribution in [3.05, 3.63) is 22.0 Å². The average molecular weight is 184 g/mol. The number of carbonyl (C=O) groups is 1. The van der Waals surface area contributed by atoms with Gasteiger partial charge in [0.25, 0.3) is 0 Å². The molecular weight excluding hydrogens is 176 g/mol. The molecule has 0 fully saturated rings. The molecule has 0 aliphatic rings. The zero-order chi connectivity index (χ0) is 10.0. The topological polar surface area (TPSA) is 104 Å². The number of nitro groups is 1. The summed E-state index contributed by atoms with van der Waals surface area (Å²) >= 11 is 0. The molecule has 0 saturated carbocycles. The van der Waals surface area contributed by atoms with Crippen LogP contribution in [-0.4, -0.2) is 27.0 Å². The largest absolute Gasteiger partial charge is 0.324 e. The molecule has 0 unspecified atom stereocenters. The van der Waals surface area contributed by atoms with Crippen LogP contribution in [0.3, 0.4) is 0 Å². The molecule has 0 aromatic carbocycles. The van der Waals surface area contributed by atoms with Crippen LogP contribution in [-0.2, 0) is 7.05 Å². The maximum absolute atomic E-state index is 11.1. The van der Waals surface area contributed by atoms with Gasteiger partial charge in [-0.25, -0.2) is 0 Å². The van der Waals surface area contributed by atoms with E-state index in [1.54, 1.807) is 0 Å². The summed E-state index contributed by atoms with van der Waals surface area (Å²) in [6.07, 6.45) is 1.03. The molecule has 7 nitrogen and oxygen atoms in total. The molecule has 1 aromatic rings. The van der Waals surface area contributed by atoms with Crippen LogP contribution in [0.2, 0.25) is 0 Å². The zero-order valence-corrected chi connectivity index (χ0v) is 6.93. The molecule has 0 saturated heterocycles. The molecule has 0 atom stereocenters. The van der Waals surface area contributed by atoms with E-state index in [1.807, 2.05) is 0 Å². The van der Waals surface area contributed by atoms with Crippen LogP contribution in [0.1, 0.15) is 10.5 Å². The predicted octanol–water partition coefficient (Wildman–Crippen LogP) is -0.530. The van der Waals surface area contributed by atoms with Crippen molar-refractivity contribution in [1.29, 1.82) is 0 Å². The third-order valence-corrected chi connectivity index (χ3v) is 1.57. The van der Waals surface area contributed by atoms with Crippen LogP contribution in [0.4, 0.5) is 5.69 Å². The molecule has 70 valence electrons. The molecule has 1 aromatic heterocycles. The number of aromatic nitrogens is 2. The predicted molar refractivity (Wildman–Crippen MR) is 43.2 cm³/mol. The normalized spacial score (nSPS) is 10.0. The molecule has 0 spiro atoms. The van der Waals surface area contributed by atoms with Gasteiger partial charge in [-0.1, -0.05) is 0 Å². The molecule has 0 amide bonds. The van der Waals surface area contributed by atoms with Gasteiger partial charge in [0.1, 0.15) is 6.20 Å². The maximum atomic E-state index is 11.1. The van der Waals surface area contributed by atoms with E-state index in [0.717, 1.165) is 10.9 Å². The fraction of sp³-hybridized carbons (Fsp3) is 0.333. The molecule has 1 rings (SSSR count). The summed E-state index contributed by atoms with van der Waals surface area (Å²) in [5, 5.41) is 14.0. The van der Waals surface area contributed by atoms with Crippen LogP contribution in [0.5, 0.6) is 0 Å². The summed E-state index contributed by atoms with van der Waals surface area (Å²) in [6.45, 7) is -0.264. The second-order valence-electron chi connectivity index (χ2n) is 2.39. The number of rotatable bonds is 3. The monoisotopic (exact) mass is 184 g/mol. The van der Waals surface area contributed by atoms with E-state index >= 15 is 0 Å². The third kappa shape index (κ3) is 1.54. The fourth-order valence-corrected chi connectivity index (χ4v) is 0.980. The number of hydrogen-bond donors (Lipinski definition) is 1. The number of Topliss-reactive ketones (excluding diaryl/α,β-unsaturated/α-hetero) is 1. The first-order valence-corrected chi connectivity index (χ1v) is 3.47. The fourth-order valence-electron chi connectivity index (χ4n) is 0.980. The number of carbonyl (C=O) groups excluding carboxylic acids is 1. The lowest BCUT2D eigenvalue weighted by Gasteiger charge is -1.96. The van der Waals surface area contributed by atoms with E-state index < -0.39 is 10.7 Å². The standard InChI is InChI=1S/C6H8N4O3/c1-9-6(5(11)2-7)4(3-8-9)10(12)13/h3H,2,7H2,1H3. The van der Waals surface area contributed by atoms with E-state index in [9.17, 15) is 14.9 Å². The first-order chi connectivity index (χ1) is 6.07. The lowest BCUT2D eigenvalue weighted by Crippen LogP contribution is -2.18. The molecule has 2 N–H and O–H groups in total. The van der Waals surface area contributed by atoms with E-state index in [1.165, 1.54) is 7.05 Å². The highest BCUT2D eigenvalue weighted by molar-refractivity contribution is 5.99. The number of hydrogen-bond acceptors (Lipinski definition) is 5. The Hall–Kier alpha value is -1.76. The number of nitrogens with zero attached hydrogens (tertiary/aromatic N) is 3. The Morgan fingerprint density at radius 2 is 2.46 bits per heavy atom. The van der Waals surface area contributed by atoms with Crippen molar-refractivity contribution in [1.82, 2.24) is 9.78 Å². The molecule has 0 bridgehead atoms. The van der Waals surface area contributed by atoms with Gasteiger partial charge in [0.2, 0.25) is 5.78 Å². The highest BCUT2D eigenvalue weighted by Crippen LogP contribution is 2.16. The highest BCUT2D eigenvalue weighted by Gasteiger charge is 2.23. The summed E-state index contributed by atoms with van der Waals surface area (Å²) in [7, 11) is 1.45. The van der Waals surface area contributed by atoms with E-state index in [4.69, 9.17) is 5.73 Å². The Labute approximate surface area is 73.3 Å². The number of aryl methyl sites for hydroxylation is 1. The quantitative estimate of drug-likeness (QED) is 0.386. The van der Waals surface area contributed by atoms with Crippen LogP contribution < -0.4 is 5.73 Å². The number of ketones is 1. The van der Waals surface area contributed by atoms with Crippen molar-refractivity contribution in [2.24, 2.45) is 12.8 Å². The van der Waals surface area contributed by atoms with Gasteiger partial charge >= 0.3 is 5.69 Å². The average Bonchev–Trinajstić information content (AvgIpc) is 2.46. The lowest BCUT2D eigenvalue weighted by atomic mass is 10.2. The Morgan fingerprint density at radius 3 is 2.92 bits per heavy atom. The first-order valence-electron chi connectivity index (χ1n) is 3.47. The summed E-state index contributed by atoms with van der Waals surface area (Å²) in [5.74, 6) is -0.494. The van der Waals surface area contributed by atoms with Gasteiger partial charge in [-0.3, -0.25) is 19.6 Å². The minimum Gasteiger partial charge on any atom is -0.324 e. The second kappa shape index (κ2) is 3.31. The van der Waals surface area contributed by atoms with Gasteiger partial charge in [0.05, 0.1) is 11.5 Å². The van der Waals surface area contributed by atoms with Gasteiger partial charge in [0.15, 0.2) is 5.69 Å². The smallest absolute Gasteiger partial charge is 0.318 e. The Balaban J connectivity index is 3.24. The molecule has 0 aliphatic carbocycles. The van der Waals surface area contributed by atoms with Crippen LogP contribution >= 0.6 is 0 Å². The molecule has 7 heteroatoms.